The average molecular weight is 200 g/mol. The van der Waals surface area contributed by atoms with E-state index in [0.29, 0.717) is 0 Å². The second-order valence-corrected chi connectivity index (χ2v) is 3.88. The quantitative estimate of drug-likeness (QED) is 0.671. The third kappa shape index (κ3) is 1.36. The summed E-state index contributed by atoms with van der Waals surface area (Å²) in [5, 5.41) is 12.9. The fourth-order valence-electron chi connectivity index (χ4n) is 2.10. The predicted octanol–water partition coefficient (Wildman–Crippen LogP) is 0.756. The molecule has 0 amide bonds. The zero-order valence-electron chi connectivity index (χ0n) is 8.35. The van der Waals surface area contributed by atoms with Gasteiger partial charge in [-0.15, -0.1) is 0 Å². The van der Waals surface area contributed by atoms with Gasteiger partial charge in [0.2, 0.25) is 0 Å². The maximum Gasteiger partial charge on any atom is 0.0779 e. The zero-order valence-corrected chi connectivity index (χ0v) is 8.35. The summed E-state index contributed by atoms with van der Waals surface area (Å²) in [5.41, 5.74) is 2.11. The summed E-state index contributed by atoms with van der Waals surface area (Å²) in [6.07, 6.45) is 7.71. The maximum atomic E-state index is 9.65. The van der Waals surface area contributed by atoms with Crippen molar-refractivity contribution in [3.63, 3.8) is 0 Å². The molecule has 3 nitrogen and oxygen atoms in total. The van der Waals surface area contributed by atoms with Gasteiger partial charge in [0.25, 0.3) is 0 Å². The lowest BCUT2D eigenvalue weighted by Crippen LogP contribution is -2.27. The van der Waals surface area contributed by atoms with Gasteiger partial charge in [-0.05, 0) is 36.6 Å². The molecule has 2 heterocycles. The molecule has 0 aromatic heterocycles. The molecule has 3 rings (SSSR count). The molecular formula is C12H12N2O. The first-order chi connectivity index (χ1) is 7.34. The molecule has 15 heavy (non-hydrogen) atoms. The lowest BCUT2D eigenvalue weighted by atomic mass is 10.0. The highest BCUT2D eigenvalue weighted by Crippen LogP contribution is 2.10. The molecule has 0 fully saturated rings. The van der Waals surface area contributed by atoms with Crippen molar-refractivity contribution in [2.45, 2.75) is 12.8 Å². The van der Waals surface area contributed by atoms with Crippen molar-refractivity contribution in [3.05, 3.63) is 40.5 Å². The average Bonchev–Trinajstić information content (AvgIpc) is 2.27. The van der Waals surface area contributed by atoms with Gasteiger partial charge in [-0.25, -0.2) is 5.06 Å². The van der Waals surface area contributed by atoms with Crippen LogP contribution in [0.2, 0.25) is 0 Å². The fraction of sp³-hybridized carbons (Fsp3) is 0.250. The van der Waals surface area contributed by atoms with Gasteiger partial charge in [0.15, 0.2) is 0 Å². The Labute approximate surface area is 87.6 Å². The molecule has 76 valence electrons. The van der Waals surface area contributed by atoms with Gasteiger partial charge >= 0.3 is 0 Å². The summed E-state index contributed by atoms with van der Waals surface area (Å²) in [6, 6.07) is 4.09. The van der Waals surface area contributed by atoms with E-state index in [1.54, 1.807) is 6.20 Å². The van der Waals surface area contributed by atoms with Crippen LogP contribution >= 0.6 is 0 Å². The highest BCUT2D eigenvalue weighted by atomic mass is 16.5. The summed E-state index contributed by atoms with van der Waals surface area (Å²) < 4.78 is 0. The number of aryl methyl sites for hydroxylation is 1. The highest BCUT2D eigenvalue weighted by molar-refractivity contribution is 5.59. The number of benzene rings is 1. The second kappa shape index (κ2) is 3.21. The zero-order chi connectivity index (χ0) is 10.3. The Bertz CT molecular complexity index is 545. The summed E-state index contributed by atoms with van der Waals surface area (Å²) in [4.78, 5) is 4.46. The number of fused-ring (bicyclic) bond motifs is 2. The summed E-state index contributed by atoms with van der Waals surface area (Å²) in [6.45, 7) is 0.900. The molecule has 2 aliphatic heterocycles. The summed E-state index contributed by atoms with van der Waals surface area (Å²) in [5.74, 6) is 0. The summed E-state index contributed by atoms with van der Waals surface area (Å²) in [7, 11) is 0. The first-order valence-corrected chi connectivity index (χ1v) is 5.19. The molecule has 1 aromatic rings. The molecule has 0 atom stereocenters. The second-order valence-electron chi connectivity index (χ2n) is 3.88. The standard InChI is InChI=1S/C12H12N2O/c15-14-6-2-4-10-7-9-3-1-5-13-11(9)8-12(10)14/h2,4,6-8,15H,1,3,5H2. The lowest BCUT2D eigenvalue weighted by molar-refractivity contribution is 0.294. The Morgan fingerprint density at radius 1 is 1.33 bits per heavy atom. The monoisotopic (exact) mass is 200 g/mol. The van der Waals surface area contributed by atoms with E-state index in [4.69, 9.17) is 0 Å². The molecule has 0 aliphatic carbocycles. The van der Waals surface area contributed by atoms with E-state index < -0.39 is 0 Å². The van der Waals surface area contributed by atoms with Crippen LogP contribution in [0.15, 0.2) is 29.4 Å². The van der Waals surface area contributed by atoms with Crippen molar-refractivity contribution in [2.75, 3.05) is 11.6 Å². The normalized spacial score (nSPS) is 17.5. The van der Waals surface area contributed by atoms with Crippen molar-refractivity contribution in [1.82, 2.24) is 0 Å². The largest absolute Gasteiger partial charge is 0.285 e. The number of hydrogen-bond acceptors (Lipinski definition) is 3. The Balaban J connectivity index is 2.31. The Hall–Kier alpha value is -1.61. The molecule has 0 bridgehead atoms. The van der Waals surface area contributed by atoms with Crippen LogP contribution < -0.4 is 15.6 Å². The van der Waals surface area contributed by atoms with Gasteiger partial charge in [0.05, 0.1) is 11.0 Å². The van der Waals surface area contributed by atoms with Gasteiger partial charge in [0.1, 0.15) is 0 Å². The molecule has 2 aliphatic rings. The Morgan fingerprint density at radius 2 is 2.27 bits per heavy atom. The van der Waals surface area contributed by atoms with Crippen LogP contribution in [0.4, 0.5) is 5.69 Å². The lowest BCUT2D eigenvalue weighted by Gasteiger charge is -2.17. The summed E-state index contributed by atoms with van der Waals surface area (Å²) >= 11 is 0. The van der Waals surface area contributed by atoms with Gasteiger partial charge in [-0.1, -0.05) is 6.08 Å². The van der Waals surface area contributed by atoms with E-state index in [2.05, 4.69) is 11.1 Å². The van der Waals surface area contributed by atoms with Gasteiger partial charge in [0, 0.05) is 18.0 Å². The molecule has 1 N–H and O–H groups in total. The van der Waals surface area contributed by atoms with Gasteiger partial charge in [-0.3, -0.25) is 10.2 Å². The first-order valence-electron chi connectivity index (χ1n) is 5.19. The number of allylic oxidation sites excluding steroid dienone is 1. The highest BCUT2D eigenvalue weighted by Gasteiger charge is 2.10. The van der Waals surface area contributed by atoms with Crippen LogP contribution in [0.5, 0.6) is 0 Å². The number of anilines is 1. The van der Waals surface area contributed by atoms with Gasteiger partial charge < -0.3 is 0 Å². The molecule has 0 unspecified atom stereocenters. The van der Waals surface area contributed by atoms with Crippen LogP contribution in [0.3, 0.4) is 0 Å². The van der Waals surface area contributed by atoms with E-state index in [-0.39, 0.29) is 0 Å². The maximum absolute atomic E-state index is 9.65. The molecule has 1 aromatic carbocycles. The molecule has 3 heteroatoms. The van der Waals surface area contributed by atoms with Crippen LogP contribution in [0, 0.1) is 0 Å². The topological polar surface area (TPSA) is 35.8 Å². The van der Waals surface area contributed by atoms with Crippen LogP contribution in [0.1, 0.15) is 12.0 Å². The van der Waals surface area contributed by atoms with Crippen LogP contribution in [0.25, 0.3) is 6.08 Å². The number of hydrogen-bond donors (Lipinski definition) is 1. The van der Waals surface area contributed by atoms with E-state index >= 15 is 0 Å². The van der Waals surface area contributed by atoms with Crippen molar-refractivity contribution >= 4 is 11.8 Å². The molecule has 0 saturated carbocycles. The van der Waals surface area contributed by atoms with Crippen molar-refractivity contribution in [2.24, 2.45) is 4.99 Å². The molecule has 0 spiro atoms. The minimum absolute atomic E-state index is 0.821. The third-order valence-electron chi connectivity index (χ3n) is 2.86. The number of hydroxylamine groups is 1. The number of rotatable bonds is 0. The minimum atomic E-state index is 0.821. The van der Waals surface area contributed by atoms with E-state index in [0.717, 1.165) is 40.7 Å². The predicted molar refractivity (Wildman–Crippen MR) is 58.3 cm³/mol. The molecule has 0 saturated heterocycles. The van der Waals surface area contributed by atoms with Crippen molar-refractivity contribution in [1.29, 1.82) is 0 Å². The Kier molecular flexibility index (Phi) is 1.86. The number of nitrogens with zero attached hydrogens (tertiary/aromatic N) is 2. The van der Waals surface area contributed by atoms with Crippen molar-refractivity contribution < 1.29 is 5.21 Å². The van der Waals surface area contributed by atoms with Crippen molar-refractivity contribution in [3.8, 4) is 0 Å². The molecule has 0 radical (unpaired) electrons. The first kappa shape index (κ1) is 8.68. The SMILES string of the molecule is ON1C=CC=c2cc3c(cc21)=NCCC3. The van der Waals surface area contributed by atoms with E-state index in [1.807, 2.05) is 18.2 Å². The van der Waals surface area contributed by atoms with E-state index in [9.17, 15) is 5.21 Å². The van der Waals surface area contributed by atoms with Crippen LogP contribution in [-0.2, 0) is 6.42 Å². The van der Waals surface area contributed by atoms with Gasteiger partial charge in [-0.2, -0.15) is 0 Å². The molecular weight excluding hydrogens is 188 g/mol. The van der Waals surface area contributed by atoms with Crippen LogP contribution in [-0.4, -0.2) is 11.8 Å². The smallest absolute Gasteiger partial charge is 0.0779 e. The van der Waals surface area contributed by atoms with E-state index in [1.165, 1.54) is 5.56 Å². The third-order valence-corrected chi connectivity index (χ3v) is 2.86. The fourth-order valence-corrected chi connectivity index (χ4v) is 2.10. The Morgan fingerprint density at radius 3 is 3.20 bits per heavy atom. The minimum Gasteiger partial charge on any atom is -0.285 e.